The smallest absolute Gasteiger partial charge is 0.340 e. The number of rotatable bonds is 4. The van der Waals surface area contributed by atoms with Crippen LogP contribution >= 0.6 is 0 Å². The zero-order valence-corrected chi connectivity index (χ0v) is 12.0. The summed E-state index contributed by atoms with van der Waals surface area (Å²) in [5.41, 5.74) is 6.52. The minimum atomic E-state index is -0.402. The first-order chi connectivity index (χ1) is 9.65. The first-order valence-corrected chi connectivity index (χ1v) is 6.86. The molecule has 0 radical (unpaired) electrons. The van der Waals surface area contributed by atoms with Gasteiger partial charge in [-0.3, -0.25) is 0 Å². The first kappa shape index (κ1) is 14.6. The second-order valence-electron chi connectivity index (χ2n) is 4.77. The first-order valence-electron chi connectivity index (χ1n) is 6.86. The molecular weight excluding hydrogens is 258 g/mol. The van der Waals surface area contributed by atoms with Crippen LogP contribution in [-0.2, 0) is 9.47 Å². The molecule has 0 bridgehead atoms. The van der Waals surface area contributed by atoms with Crippen molar-refractivity contribution in [3.8, 4) is 0 Å². The van der Waals surface area contributed by atoms with Gasteiger partial charge < -0.3 is 20.1 Å². The number of pyridine rings is 1. The molecule has 0 amide bonds. The number of nitrogen functional groups attached to an aromatic ring is 1. The Morgan fingerprint density at radius 2 is 2.20 bits per heavy atom. The number of esters is 1. The average molecular weight is 279 g/mol. The number of hydrogen-bond acceptors (Lipinski definition) is 6. The lowest BCUT2D eigenvalue weighted by molar-refractivity contribution is 0.0527. The lowest BCUT2D eigenvalue weighted by Crippen LogP contribution is -2.37. The number of carbonyl (C=O) groups is 1. The number of nitrogens with two attached hydrogens (primary N) is 1. The fourth-order valence-electron chi connectivity index (χ4n) is 2.33. The largest absolute Gasteiger partial charge is 0.462 e. The molecule has 110 valence electrons. The van der Waals surface area contributed by atoms with Crippen LogP contribution in [0.4, 0.5) is 11.5 Å². The van der Waals surface area contributed by atoms with Crippen LogP contribution in [0.5, 0.6) is 0 Å². The predicted molar refractivity (Wildman–Crippen MR) is 76.8 cm³/mol. The van der Waals surface area contributed by atoms with Gasteiger partial charge in [0.05, 0.1) is 30.2 Å². The molecule has 1 fully saturated rings. The van der Waals surface area contributed by atoms with Gasteiger partial charge in [-0.2, -0.15) is 0 Å². The van der Waals surface area contributed by atoms with E-state index in [1.54, 1.807) is 20.1 Å². The molecule has 0 aliphatic carbocycles. The molecule has 0 aromatic carbocycles. The monoisotopic (exact) mass is 279 g/mol. The van der Waals surface area contributed by atoms with E-state index in [1.807, 2.05) is 0 Å². The van der Waals surface area contributed by atoms with Gasteiger partial charge in [0.25, 0.3) is 0 Å². The van der Waals surface area contributed by atoms with Gasteiger partial charge >= 0.3 is 5.97 Å². The Kier molecular flexibility index (Phi) is 4.79. The van der Waals surface area contributed by atoms with Gasteiger partial charge in [-0.1, -0.05) is 0 Å². The Hall–Kier alpha value is -1.82. The number of methoxy groups -OCH3 is 1. The summed E-state index contributed by atoms with van der Waals surface area (Å²) in [6.45, 7) is 3.82. The standard InChI is InChI=1S/C14H21N3O3/c1-3-20-14(18)11-8-13(16-9-12(11)15)17-6-4-10(19-2)5-7-17/h8-10H,3-7,15H2,1-2H3. The van der Waals surface area contributed by atoms with Crippen molar-refractivity contribution in [1.82, 2.24) is 4.98 Å². The summed E-state index contributed by atoms with van der Waals surface area (Å²) in [6.07, 6.45) is 3.74. The van der Waals surface area contributed by atoms with Crippen LogP contribution in [0.15, 0.2) is 12.3 Å². The van der Waals surface area contributed by atoms with Crippen LogP contribution in [0.1, 0.15) is 30.1 Å². The maximum atomic E-state index is 11.8. The van der Waals surface area contributed by atoms with Gasteiger partial charge in [-0.25, -0.2) is 9.78 Å². The zero-order valence-electron chi connectivity index (χ0n) is 12.0. The van der Waals surface area contributed by atoms with Gasteiger partial charge in [0.15, 0.2) is 0 Å². The summed E-state index contributed by atoms with van der Waals surface area (Å²) in [5, 5.41) is 0. The number of nitrogens with zero attached hydrogens (tertiary/aromatic N) is 2. The number of aromatic nitrogens is 1. The van der Waals surface area contributed by atoms with E-state index in [0.29, 0.717) is 24.0 Å². The van der Waals surface area contributed by atoms with Crippen LogP contribution in [0.2, 0.25) is 0 Å². The van der Waals surface area contributed by atoms with E-state index in [4.69, 9.17) is 15.2 Å². The molecule has 6 nitrogen and oxygen atoms in total. The molecule has 20 heavy (non-hydrogen) atoms. The fourth-order valence-corrected chi connectivity index (χ4v) is 2.33. The van der Waals surface area contributed by atoms with Gasteiger partial charge in [0.2, 0.25) is 0 Å². The molecule has 6 heteroatoms. The number of carbonyl (C=O) groups excluding carboxylic acids is 1. The topological polar surface area (TPSA) is 77.7 Å². The highest BCUT2D eigenvalue weighted by molar-refractivity contribution is 5.95. The molecule has 0 spiro atoms. The quantitative estimate of drug-likeness (QED) is 0.841. The third kappa shape index (κ3) is 3.19. The van der Waals surface area contributed by atoms with E-state index in [-0.39, 0.29) is 0 Å². The van der Waals surface area contributed by atoms with Gasteiger partial charge in [0.1, 0.15) is 5.82 Å². The van der Waals surface area contributed by atoms with E-state index in [2.05, 4.69) is 9.88 Å². The molecule has 1 aromatic rings. The summed E-state index contributed by atoms with van der Waals surface area (Å²) < 4.78 is 10.3. The Morgan fingerprint density at radius 3 is 2.80 bits per heavy atom. The maximum absolute atomic E-state index is 11.8. The highest BCUT2D eigenvalue weighted by atomic mass is 16.5. The van der Waals surface area contributed by atoms with Crippen LogP contribution < -0.4 is 10.6 Å². The molecule has 2 heterocycles. The predicted octanol–water partition coefficient (Wildman–Crippen LogP) is 1.46. The average Bonchev–Trinajstić information content (AvgIpc) is 2.48. The number of ether oxygens (including phenoxy) is 2. The Bertz CT molecular complexity index is 471. The molecule has 1 aliphatic rings. The SMILES string of the molecule is CCOC(=O)c1cc(N2CCC(OC)CC2)ncc1N. The third-order valence-electron chi connectivity index (χ3n) is 3.52. The van der Waals surface area contributed by atoms with E-state index < -0.39 is 5.97 Å². The Morgan fingerprint density at radius 1 is 1.50 bits per heavy atom. The van der Waals surface area contributed by atoms with Gasteiger partial charge in [-0.05, 0) is 25.8 Å². The normalized spacial score (nSPS) is 16.2. The Balaban J connectivity index is 2.13. The highest BCUT2D eigenvalue weighted by Gasteiger charge is 2.21. The van der Waals surface area contributed by atoms with Crippen molar-refractivity contribution in [3.63, 3.8) is 0 Å². The molecular formula is C14H21N3O3. The van der Waals surface area contributed by atoms with Crippen molar-refractivity contribution in [2.45, 2.75) is 25.9 Å². The summed E-state index contributed by atoms with van der Waals surface area (Å²) in [7, 11) is 1.74. The summed E-state index contributed by atoms with van der Waals surface area (Å²) >= 11 is 0. The lowest BCUT2D eigenvalue weighted by Gasteiger charge is -2.32. The molecule has 1 aliphatic heterocycles. The molecule has 1 aromatic heterocycles. The summed E-state index contributed by atoms with van der Waals surface area (Å²) in [5.74, 6) is 0.359. The maximum Gasteiger partial charge on any atom is 0.340 e. The molecule has 0 saturated carbocycles. The van der Waals surface area contributed by atoms with E-state index >= 15 is 0 Å². The highest BCUT2D eigenvalue weighted by Crippen LogP contribution is 2.23. The zero-order chi connectivity index (χ0) is 14.5. The van der Waals surface area contributed by atoms with Crippen molar-refractivity contribution in [3.05, 3.63) is 17.8 Å². The van der Waals surface area contributed by atoms with E-state index in [1.165, 1.54) is 6.20 Å². The number of anilines is 2. The molecule has 2 rings (SSSR count). The van der Waals surface area contributed by atoms with Crippen LogP contribution in [0.25, 0.3) is 0 Å². The van der Waals surface area contributed by atoms with Crippen molar-refractivity contribution in [1.29, 1.82) is 0 Å². The van der Waals surface area contributed by atoms with Crippen molar-refractivity contribution < 1.29 is 14.3 Å². The van der Waals surface area contributed by atoms with Crippen molar-refractivity contribution in [2.24, 2.45) is 0 Å². The minimum absolute atomic E-state index is 0.310. The van der Waals surface area contributed by atoms with Crippen LogP contribution in [-0.4, -0.2) is 43.9 Å². The van der Waals surface area contributed by atoms with E-state index in [0.717, 1.165) is 31.7 Å². The van der Waals surface area contributed by atoms with Crippen molar-refractivity contribution >= 4 is 17.5 Å². The van der Waals surface area contributed by atoms with Crippen molar-refractivity contribution in [2.75, 3.05) is 37.4 Å². The Labute approximate surface area is 118 Å². The molecule has 0 unspecified atom stereocenters. The van der Waals surface area contributed by atoms with Gasteiger partial charge in [0, 0.05) is 20.2 Å². The van der Waals surface area contributed by atoms with Crippen LogP contribution in [0.3, 0.4) is 0 Å². The van der Waals surface area contributed by atoms with Crippen LogP contribution in [0, 0.1) is 0 Å². The third-order valence-corrected chi connectivity index (χ3v) is 3.52. The lowest BCUT2D eigenvalue weighted by atomic mass is 10.1. The van der Waals surface area contributed by atoms with Gasteiger partial charge in [-0.15, -0.1) is 0 Å². The summed E-state index contributed by atoms with van der Waals surface area (Å²) in [4.78, 5) is 18.3. The summed E-state index contributed by atoms with van der Waals surface area (Å²) in [6, 6.07) is 1.71. The number of hydrogen-bond donors (Lipinski definition) is 1. The second-order valence-corrected chi connectivity index (χ2v) is 4.77. The minimum Gasteiger partial charge on any atom is -0.462 e. The molecule has 2 N–H and O–H groups in total. The number of piperidine rings is 1. The fraction of sp³-hybridized carbons (Fsp3) is 0.571. The molecule has 1 saturated heterocycles. The van der Waals surface area contributed by atoms with E-state index in [9.17, 15) is 4.79 Å². The molecule has 0 atom stereocenters. The second kappa shape index (κ2) is 6.56.